The topological polar surface area (TPSA) is 34.5 Å². The van der Waals surface area contributed by atoms with E-state index in [2.05, 4.69) is 230 Å². The lowest BCUT2D eigenvalue weighted by atomic mass is 9.96. The van der Waals surface area contributed by atoms with Crippen LogP contribution >= 0.6 is 0 Å². The molecule has 66 heavy (non-hydrogen) atoms. The zero-order valence-corrected chi connectivity index (χ0v) is 36.5. The van der Waals surface area contributed by atoms with E-state index in [-0.39, 0.29) is 0 Å². The first-order valence-corrected chi connectivity index (χ1v) is 22.6. The van der Waals surface area contributed by atoms with Gasteiger partial charge in [0.25, 0.3) is 0 Å². The molecule has 0 spiro atoms. The molecule has 0 fully saturated rings. The maximum absolute atomic E-state index is 7.01. The van der Waals surface area contributed by atoms with Crippen molar-refractivity contribution in [2.45, 2.75) is 13.8 Å². The van der Waals surface area contributed by atoms with Crippen molar-refractivity contribution in [3.63, 3.8) is 0 Å². The molecule has 0 unspecified atom stereocenters. The molecule has 3 aromatic heterocycles. The van der Waals surface area contributed by atoms with E-state index in [1.807, 2.05) is 12.1 Å². The molecule has 0 N–H and O–H groups in total. The van der Waals surface area contributed by atoms with Crippen LogP contribution < -0.4 is 4.90 Å². The Bertz CT molecular complexity index is 3980. The maximum atomic E-state index is 7.01. The summed E-state index contributed by atoms with van der Waals surface area (Å²) in [7, 11) is 0. The van der Waals surface area contributed by atoms with Crippen LogP contribution in [0, 0.1) is 13.8 Å². The van der Waals surface area contributed by atoms with E-state index in [9.17, 15) is 0 Å². The van der Waals surface area contributed by atoms with Gasteiger partial charge in [-0.3, -0.25) is 0 Å². The average Bonchev–Trinajstić information content (AvgIpc) is 4.06. The molecule has 3 heterocycles. The molecule has 0 atom stereocenters. The molecular weight excluding hydrogens is 805 g/mol. The smallest absolute Gasteiger partial charge is 0.145 e. The van der Waals surface area contributed by atoms with E-state index in [4.69, 9.17) is 8.83 Å². The molecule has 0 radical (unpaired) electrons. The molecule has 4 heteroatoms. The molecule has 0 bridgehead atoms. The first kappa shape index (κ1) is 37.9. The fourth-order valence-corrected chi connectivity index (χ4v) is 10.4. The van der Waals surface area contributed by atoms with E-state index in [1.54, 1.807) is 0 Å². The highest BCUT2D eigenvalue weighted by atomic mass is 16.3. The minimum atomic E-state index is 0.849. The lowest BCUT2D eigenvalue weighted by molar-refractivity contribution is 0.669. The second-order valence-corrected chi connectivity index (χ2v) is 17.3. The maximum Gasteiger partial charge on any atom is 0.145 e. The molecule has 0 aliphatic carbocycles. The molecule has 13 aromatic rings. The van der Waals surface area contributed by atoms with E-state index in [0.717, 1.165) is 100 Å². The number of aromatic nitrogens is 1. The van der Waals surface area contributed by atoms with E-state index >= 15 is 0 Å². The van der Waals surface area contributed by atoms with Gasteiger partial charge in [-0.05, 0) is 120 Å². The fourth-order valence-electron chi connectivity index (χ4n) is 10.4. The van der Waals surface area contributed by atoms with Gasteiger partial charge in [-0.15, -0.1) is 0 Å². The van der Waals surface area contributed by atoms with Gasteiger partial charge in [0.15, 0.2) is 0 Å². The van der Waals surface area contributed by atoms with E-state index in [1.165, 1.54) is 32.9 Å². The largest absolute Gasteiger partial charge is 0.455 e. The second kappa shape index (κ2) is 15.0. The first-order valence-electron chi connectivity index (χ1n) is 22.6. The van der Waals surface area contributed by atoms with E-state index in [0.29, 0.717) is 0 Å². The number of furan rings is 2. The molecule has 0 aliphatic heterocycles. The Kier molecular flexibility index (Phi) is 8.62. The van der Waals surface area contributed by atoms with Crippen LogP contribution in [0.2, 0.25) is 0 Å². The van der Waals surface area contributed by atoms with Gasteiger partial charge in [0.05, 0.1) is 22.1 Å². The number of anilines is 3. The Morgan fingerprint density at radius 1 is 0.348 bits per heavy atom. The summed E-state index contributed by atoms with van der Waals surface area (Å²) in [6, 6.07) is 78.2. The van der Waals surface area contributed by atoms with Gasteiger partial charge in [0.2, 0.25) is 0 Å². The summed E-state index contributed by atoms with van der Waals surface area (Å²) in [4.78, 5) is 2.44. The van der Waals surface area contributed by atoms with Crippen LogP contribution in [0.15, 0.2) is 227 Å². The normalized spacial score (nSPS) is 11.8. The second-order valence-electron chi connectivity index (χ2n) is 17.3. The molecule has 0 saturated heterocycles. The van der Waals surface area contributed by atoms with Gasteiger partial charge < -0.3 is 18.3 Å². The fraction of sp³-hybridized carbons (Fsp3) is 0.0323. The van der Waals surface area contributed by atoms with Crippen molar-refractivity contribution < 1.29 is 8.83 Å². The lowest BCUT2D eigenvalue weighted by Gasteiger charge is -2.30. The highest BCUT2D eigenvalue weighted by Gasteiger charge is 2.25. The third kappa shape index (κ3) is 5.92. The van der Waals surface area contributed by atoms with Crippen molar-refractivity contribution >= 4 is 82.7 Å². The summed E-state index contributed by atoms with van der Waals surface area (Å²) >= 11 is 0. The summed E-state index contributed by atoms with van der Waals surface area (Å²) in [5.74, 6) is 0. The van der Waals surface area contributed by atoms with E-state index < -0.39 is 0 Å². The molecular formula is C62H42N2O2. The predicted octanol–water partition coefficient (Wildman–Crippen LogP) is 17.7. The number of fused-ring (bicyclic) bond motifs is 9. The summed E-state index contributed by atoms with van der Waals surface area (Å²) in [6.45, 7) is 4.44. The number of benzene rings is 10. The van der Waals surface area contributed by atoms with Crippen molar-refractivity contribution in [3.05, 3.63) is 230 Å². The molecule has 0 aliphatic rings. The van der Waals surface area contributed by atoms with Gasteiger partial charge in [-0.25, -0.2) is 0 Å². The Morgan fingerprint density at radius 2 is 0.864 bits per heavy atom. The zero-order chi connectivity index (χ0) is 43.9. The third-order valence-corrected chi connectivity index (χ3v) is 13.4. The van der Waals surface area contributed by atoms with Crippen LogP contribution in [0.25, 0.3) is 105 Å². The lowest BCUT2D eigenvalue weighted by Crippen LogP contribution is -2.13. The highest BCUT2D eigenvalue weighted by molar-refractivity contribution is 6.18. The molecule has 4 nitrogen and oxygen atoms in total. The van der Waals surface area contributed by atoms with Crippen molar-refractivity contribution in [1.29, 1.82) is 0 Å². The Hall–Kier alpha value is -8.60. The van der Waals surface area contributed by atoms with Crippen LogP contribution in [-0.2, 0) is 0 Å². The number of para-hydroxylation sites is 5. The minimum absolute atomic E-state index is 0.849. The Labute approximate surface area is 381 Å². The minimum Gasteiger partial charge on any atom is -0.455 e. The van der Waals surface area contributed by atoms with Gasteiger partial charge in [-0.2, -0.15) is 0 Å². The zero-order valence-electron chi connectivity index (χ0n) is 36.5. The summed E-state index contributed by atoms with van der Waals surface area (Å²) < 4.78 is 15.9. The number of rotatable bonds is 7. The highest BCUT2D eigenvalue weighted by Crippen LogP contribution is 2.49. The van der Waals surface area contributed by atoms with Gasteiger partial charge in [0, 0.05) is 55.1 Å². The number of hydrogen-bond donors (Lipinski definition) is 0. The van der Waals surface area contributed by atoms with Crippen LogP contribution in [0.1, 0.15) is 11.1 Å². The van der Waals surface area contributed by atoms with Crippen LogP contribution in [-0.4, -0.2) is 4.57 Å². The first-order chi connectivity index (χ1) is 32.6. The van der Waals surface area contributed by atoms with Gasteiger partial charge in [-0.1, -0.05) is 146 Å². The molecule has 0 saturated carbocycles. The molecule has 13 rings (SSSR count). The summed E-state index contributed by atoms with van der Waals surface area (Å²) in [5, 5.41) is 6.86. The number of hydrogen-bond acceptors (Lipinski definition) is 3. The summed E-state index contributed by atoms with van der Waals surface area (Å²) in [5.41, 5.74) is 19.1. The summed E-state index contributed by atoms with van der Waals surface area (Å²) in [6.07, 6.45) is 0. The quantitative estimate of drug-likeness (QED) is 0.160. The monoisotopic (exact) mass is 846 g/mol. The van der Waals surface area contributed by atoms with Crippen LogP contribution in [0.5, 0.6) is 0 Å². The predicted molar refractivity (Wildman–Crippen MR) is 276 cm³/mol. The molecule has 10 aromatic carbocycles. The molecule has 0 amide bonds. The van der Waals surface area contributed by atoms with Gasteiger partial charge >= 0.3 is 0 Å². The van der Waals surface area contributed by atoms with Crippen LogP contribution in [0.4, 0.5) is 17.1 Å². The van der Waals surface area contributed by atoms with Crippen molar-refractivity contribution in [2.75, 3.05) is 4.90 Å². The number of nitrogens with zero attached hydrogens (tertiary/aromatic N) is 2. The van der Waals surface area contributed by atoms with Crippen LogP contribution in [0.3, 0.4) is 0 Å². The Balaban J connectivity index is 1.02. The van der Waals surface area contributed by atoms with Crippen molar-refractivity contribution in [3.8, 4) is 39.1 Å². The van der Waals surface area contributed by atoms with Crippen molar-refractivity contribution in [2.24, 2.45) is 0 Å². The average molecular weight is 847 g/mol. The molecule has 312 valence electrons. The number of aryl methyl sites for hydroxylation is 2. The third-order valence-electron chi connectivity index (χ3n) is 13.4. The Morgan fingerprint density at radius 3 is 1.59 bits per heavy atom. The van der Waals surface area contributed by atoms with Crippen molar-refractivity contribution in [1.82, 2.24) is 4.57 Å². The van der Waals surface area contributed by atoms with Gasteiger partial charge in [0.1, 0.15) is 22.3 Å². The SMILES string of the molecule is Cc1cc(-c2ccccc2)ccc1N(c1ccc(-c2cccc3c2oc2ccccc23)cc1C)c1ccc(-c2cccc(-n3c4ccccc4c4ccccc43)c2)c2oc3ccccc3c12. The standard InChI is InChI=1S/C62H42N2O2/c1-39-36-42(41-16-4-3-5-17-41)30-33-53(39)64(54-34-31-44(37-40(54)2)46-24-15-25-51-50-22-8-12-28-58(50)65-61(46)51)57-35-32-47(62-60(57)52-23-9-13-29-59(52)66-62)43-18-14-19-45(38-43)63-55-26-10-6-20-48(55)49-21-7-11-27-56(49)63/h3-38H,1-2H3.